The molecule has 1 aromatic heterocycles. The third kappa shape index (κ3) is 4.92. The maximum atomic E-state index is 6.35. The summed E-state index contributed by atoms with van der Waals surface area (Å²) in [4.78, 5) is 0. The van der Waals surface area contributed by atoms with Crippen LogP contribution in [0.1, 0.15) is 45.7 Å². The van der Waals surface area contributed by atoms with Gasteiger partial charge in [0.05, 0.1) is 0 Å². The Kier molecular flexibility index (Phi) is 6.88. The molecular formula is C52H36O. The second kappa shape index (κ2) is 12.1. The highest BCUT2D eigenvalue weighted by Gasteiger charge is 2.35. The minimum absolute atomic E-state index is 0.184. The Hall–Kier alpha value is -6.44. The molecule has 0 fully saturated rings. The van der Waals surface area contributed by atoms with Crippen molar-refractivity contribution >= 4 is 44.4 Å². The fraction of sp³-hybridized carbons (Fsp3) is 0.0769. The maximum absolute atomic E-state index is 6.35. The van der Waals surface area contributed by atoms with Gasteiger partial charge in [-0.2, -0.15) is 0 Å². The number of aryl methyl sites for hydroxylation is 1. The summed E-state index contributed by atoms with van der Waals surface area (Å²) in [6.07, 6.45) is 16.0. The van der Waals surface area contributed by atoms with Crippen molar-refractivity contribution in [3.8, 4) is 22.3 Å². The predicted octanol–water partition coefficient (Wildman–Crippen LogP) is 13.7. The van der Waals surface area contributed by atoms with Crippen LogP contribution >= 0.6 is 0 Å². The third-order valence-corrected chi connectivity index (χ3v) is 11.7. The number of rotatable bonds is 4. The summed E-state index contributed by atoms with van der Waals surface area (Å²) < 4.78 is 6.35. The van der Waals surface area contributed by atoms with Gasteiger partial charge in [-0.3, -0.25) is 0 Å². The van der Waals surface area contributed by atoms with E-state index in [0.717, 1.165) is 29.4 Å². The van der Waals surface area contributed by atoms with Gasteiger partial charge in [0.2, 0.25) is 0 Å². The van der Waals surface area contributed by atoms with E-state index in [9.17, 15) is 0 Å². The molecule has 0 bridgehead atoms. The Morgan fingerprint density at radius 2 is 1.34 bits per heavy atom. The zero-order valence-corrected chi connectivity index (χ0v) is 29.3. The topological polar surface area (TPSA) is 13.1 Å². The molecule has 0 radical (unpaired) electrons. The number of hydrogen-bond acceptors (Lipinski definition) is 1. The van der Waals surface area contributed by atoms with E-state index in [1.54, 1.807) is 0 Å². The van der Waals surface area contributed by atoms with Gasteiger partial charge in [-0.05, 0) is 121 Å². The predicted molar refractivity (Wildman–Crippen MR) is 222 cm³/mol. The van der Waals surface area contributed by atoms with Crippen molar-refractivity contribution in [2.45, 2.75) is 18.8 Å². The number of allylic oxidation sites excluding steroid dienone is 6. The molecule has 0 aliphatic heterocycles. The molecule has 53 heavy (non-hydrogen) atoms. The lowest BCUT2D eigenvalue weighted by Gasteiger charge is -2.37. The molecule has 7 aromatic carbocycles. The number of benzene rings is 7. The quantitative estimate of drug-likeness (QED) is 0.181. The Morgan fingerprint density at radius 1 is 0.547 bits per heavy atom. The van der Waals surface area contributed by atoms with Crippen LogP contribution in [0.3, 0.4) is 0 Å². The van der Waals surface area contributed by atoms with Gasteiger partial charge in [-0.15, -0.1) is 0 Å². The van der Waals surface area contributed by atoms with E-state index >= 15 is 0 Å². The van der Waals surface area contributed by atoms with Gasteiger partial charge < -0.3 is 4.42 Å². The smallest absolute Gasteiger partial charge is 0.136 e. The first kappa shape index (κ1) is 30.2. The molecule has 2 atom stereocenters. The van der Waals surface area contributed by atoms with E-state index in [0.29, 0.717) is 0 Å². The molecule has 1 heteroatoms. The van der Waals surface area contributed by atoms with E-state index in [1.165, 1.54) is 82.9 Å². The number of hydrogen-bond donors (Lipinski definition) is 0. The molecular weight excluding hydrogens is 641 g/mol. The molecule has 1 heterocycles. The lowest BCUT2D eigenvalue weighted by molar-refractivity contribution is 0.649. The molecule has 0 saturated carbocycles. The Bertz CT molecular complexity index is 2910. The largest absolute Gasteiger partial charge is 0.456 e. The molecule has 0 amide bonds. The van der Waals surface area contributed by atoms with Gasteiger partial charge in [0.25, 0.3) is 0 Å². The van der Waals surface area contributed by atoms with Gasteiger partial charge in [0.1, 0.15) is 11.2 Å². The summed E-state index contributed by atoms with van der Waals surface area (Å²) in [6.45, 7) is 0. The van der Waals surface area contributed by atoms with E-state index < -0.39 is 0 Å². The zero-order valence-electron chi connectivity index (χ0n) is 29.3. The summed E-state index contributed by atoms with van der Waals surface area (Å²) >= 11 is 0. The Morgan fingerprint density at radius 3 is 2.32 bits per heavy atom. The van der Waals surface area contributed by atoms with Crippen LogP contribution in [0.25, 0.3) is 66.6 Å². The highest BCUT2D eigenvalue weighted by Crippen LogP contribution is 2.51. The average molecular weight is 677 g/mol. The summed E-state index contributed by atoms with van der Waals surface area (Å²) in [5.41, 5.74) is 17.6. The normalized spacial score (nSPS) is 17.4. The van der Waals surface area contributed by atoms with Crippen molar-refractivity contribution in [1.29, 1.82) is 0 Å². The summed E-state index contributed by atoms with van der Waals surface area (Å²) in [7, 11) is 0. The van der Waals surface area contributed by atoms with E-state index in [2.05, 4.69) is 182 Å². The van der Waals surface area contributed by atoms with Crippen LogP contribution in [0.4, 0.5) is 0 Å². The second-order valence-corrected chi connectivity index (χ2v) is 14.7. The van der Waals surface area contributed by atoms with E-state index in [1.807, 2.05) is 0 Å². The fourth-order valence-corrected chi connectivity index (χ4v) is 9.25. The minimum Gasteiger partial charge on any atom is -0.456 e. The molecule has 0 spiro atoms. The SMILES string of the molecule is C1=CC2=C(c3cccc(-c4ccc5c(c4)C=CCC5)c3)c3ccccc3C(c3cccc(-c4ccc5oc6ccc7ccccc7c6c5c4)c3)C2C=C1. The highest BCUT2D eigenvalue weighted by atomic mass is 16.3. The Balaban J connectivity index is 1.02. The molecule has 8 aromatic rings. The molecule has 0 saturated heterocycles. The van der Waals surface area contributed by atoms with Crippen LogP contribution in [-0.2, 0) is 6.42 Å². The van der Waals surface area contributed by atoms with Crippen LogP contribution in [-0.4, -0.2) is 0 Å². The minimum atomic E-state index is 0.184. The van der Waals surface area contributed by atoms with Crippen LogP contribution in [0.15, 0.2) is 186 Å². The monoisotopic (exact) mass is 676 g/mol. The fourth-order valence-electron chi connectivity index (χ4n) is 9.25. The lowest BCUT2D eigenvalue weighted by Crippen LogP contribution is -2.22. The van der Waals surface area contributed by atoms with Crippen molar-refractivity contribution in [2.75, 3.05) is 0 Å². The zero-order chi connectivity index (χ0) is 34.9. The van der Waals surface area contributed by atoms with Gasteiger partial charge in [-0.1, -0.05) is 152 Å². The van der Waals surface area contributed by atoms with Gasteiger partial charge in [-0.25, -0.2) is 0 Å². The molecule has 3 aliphatic carbocycles. The van der Waals surface area contributed by atoms with Crippen molar-refractivity contribution in [3.05, 3.63) is 215 Å². The van der Waals surface area contributed by atoms with Gasteiger partial charge in [0.15, 0.2) is 0 Å². The lowest BCUT2D eigenvalue weighted by atomic mass is 9.66. The van der Waals surface area contributed by atoms with Crippen LogP contribution in [0.2, 0.25) is 0 Å². The molecule has 3 aliphatic rings. The van der Waals surface area contributed by atoms with Crippen molar-refractivity contribution in [1.82, 2.24) is 0 Å². The van der Waals surface area contributed by atoms with E-state index in [4.69, 9.17) is 4.42 Å². The maximum Gasteiger partial charge on any atom is 0.136 e. The van der Waals surface area contributed by atoms with Crippen molar-refractivity contribution in [2.24, 2.45) is 5.92 Å². The molecule has 11 rings (SSSR count). The average Bonchev–Trinajstić information content (AvgIpc) is 3.61. The highest BCUT2D eigenvalue weighted by molar-refractivity contribution is 6.19. The van der Waals surface area contributed by atoms with Crippen molar-refractivity contribution in [3.63, 3.8) is 0 Å². The number of fused-ring (bicyclic) bond motifs is 8. The second-order valence-electron chi connectivity index (χ2n) is 14.7. The van der Waals surface area contributed by atoms with Gasteiger partial charge in [0, 0.05) is 22.6 Å². The summed E-state index contributed by atoms with van der Waals surface area (Å²) in [5.74, 6) is 0.397. The third-order valence-electron chi connectivity index (χ3n) is 11.7. The van der Waals surface area contributed by atoms with Gasteiger partial charge >= 0.3 is 0 Å². The van der Waals surface area contributed by atoms with E-state index in [-0.39, 0.29) is 11.8 Å². The molecule has 250 valence electrons. The van der Waals surface area contributed by atoms with Crippen LogP contribution in [0, 0.1) is 5.92 Å². The Labute approximate surface area is 309 Å². The first-order chi connectivity index (χ1) is 26.3. The summed E-state index contributed by atoms with van der Waals surface area (Å²) in [6, 6.07) is 54.0. The molecule has 2 unspecified atom stereocenters. The first-order valence-electron chi connectivity index (χ1n) is 18.8. The number of furan rings is 1. The first-order valence-corrected chi connectivity index (χ1v) is 18.8. The molecule has 0 N–H and O–H groups in total. The standard InChI is InChI=1S/C52H36O/c1-2-13-35-29-38(24-23-33(35)11-1)36-14-9-16-40(30-36)50-43-19-5-7-21-45(43)51(46-22-8-6-20-44(46)50)41-17-10-15-37(31-41)39-26-27-48-47(32-39)52-42-18-4-3-12-34(42)25-28-49(52)53-48/h2-10,12-32,45,51H,1,11H2. The molecule has 1 nitrogen and oxygen atoms in total. The summed E-state index contributed by atoms with van der Waals surface area (Å²) in [5, 5.41) is 4.80. The van der Waals surface area contributed by atoms with Crippen molar-refractivity contribution < 1.29 is 4.42 Å². The van der Waals surface area contributed by atoms with Crippen LogP contribution < -0.4 is 0 Å². The van der Waals surface area contributed by atoms with Crippen LogP contribution in [0.5, 0.6) is 0 Å².